The third-order valence-electron chi connectivity index (χ3n) is 9.46. The van der Waals surface area contributed by atoms with Gasteiger partial charge in [-0.15, -0.1) is 5.10 Å². The fourth-order valence-corrected chi connectivity index (χ4v) is 6.71. The molecular formula is C32H49BN6O6. The highest BCUT2D eigenvalue weighted by Crippen LogP contribution is 2.39. The molecule has 2 aromatic heterocycles. The lowest BCUT2D eigenvalue weighted by molar-refractivity contribution is -0.209. The Bertz CT molecular complexity index is 1280. The summed E-state index contributed by atoms with van der Waals surface area (Å²) in [6, 6.07) is 4.98. The van der Waals surface area contributed by atoms with Crippen molar-refractivity contribution in [2.45, 2.75) is 122 Å². The van der Waals surface area contributed by atoms with Gasteiger partial charge in [0.15, 0.2) is 11.9 Å². The largest absolute Gasteiger partial charge is 0.438 e. The molecule has 2 aliphatic rings. The van der Waals surface area contributed by atoms with Gasteiger partial charge in [-0.1, -0.05) is 32.1 Å². The lowest BCUT2D eigenvalue weighted by Crippen LogP contribution is -2.61. The number of aryl methyl sites for hydroxylation is 1. The maximum atomic E-state index is 13.5. The van der Waals surface area contributed by atoms with Gasteiger partial charge in [0.05, 0.1) is 37.3 Å². The van der Waals surface area contributed by atoms with Crippen LogP contribution in [-0.4, -0.2) is 104 Å². The van der Waals surface area contributed by atoms with E-state index in [1.807, 2.05) is 52.1 Å². The molecule has 4 heterocycles. The molecule has 2 aromatic rings. The average molecular weight is 625 g/mol. The van der Waals surface area contributed by atoms with Crippen LogP contribution in [0.4, 0.5) is 4.79 Å². The standard InChI is InChI=1S/C32H49BN6O6/c1-7-27-32(6)28(22(4)35-18-20(2)17-31(5,43)26(33)16-25(40)21(3)29(41)44-27)39(30(42)45-32)15-11-10-14-38-19-24(36-37-38)23-12-8-9-13-34-23/h8-9,12-13,19-22,26-29,35,41,43H,7,10-11,14-18H2,1-6H3/t20-,21-,22-,26-,27-,28-,29?,31+,32-/m1/s1. The van der Waals surface area contributed by atoms with Gasteiger partial charge in [-0.3, -0.25) is 19.4 Å². The van der Waals surface area contributed by atoms with E-state index in [0.29, 0.717) is 44.6 Å². The van der Waals surface area contributed by atoms with Crippen molar-refractivity contribution < 1.29 is 29.3 Å². The lowest BCUT2D eigenvalue weighted by Gasteiger charge is -2.42. The number of aliphatic hydroxyl groups excluding tert-OH is 1. The highest BCUT2D eigenvalue weighted by Gasteiger charge is 2.57. The zero-order valence-electron chi connectivity index (χ0n) is 27.4. The van der Waals surface area contributed by atoms with Crippen LogP contribution in [0.15, 0.2) is 30.6 Å². The van der Waals surface area contributed by atoms with Crippen LogP contribution in [0, 0.1) is 11.8 Å². The Morgan fingerprint density at radius 2 is 1.87 bits per heavy atom. The number of hydrogen-bond acceptors (Lipinski definition) is 10. The molecule has 3 N–H and O–H groups in total. The summed E-state index contributed by atoms with van der Waals surface area (Å²) >= 11 is 0. The number of pyridine rings is 1. The predicted octanol–water partition coefficient (Wildman–Crippen LogP) is 3.13. The van der Waals surface area contributed by atoms with Gasteiger partial charge >= 0.3 is 6.09 Å². The molecule has 1 amide bonds. The molecule has 13 heteroatoms. The van der Waals surface area contributed by atoms with Crippen molar-refractivity contribution in [3.8, 4) is 11.4 Å². The number of Topliss-reactive ketones (excluding diaryl/α,β-unsaturated/α-hetero) is 1. The first-order valence-electron chi connectivity index (χ1n) is 16.2. The summed E-state index contributed by atoms with van der Waals surface area (Å²) in [6.45, 7) is 12.6. The molecule has 246 valence electrons. The third kappa shape index (κ3) is 8.11. The van der Waals surface area contributed by atoms with Crippen LogP contribution in [0.2, 0.25) is 5.82 Å². The summed E-state index contributed by atoms with van der Waals surface area (Å²) in [4.78, 5) is 32.6. The van der Waals surface area contributed by atoms with Crippen LogP contribution in [0.5, 0.6) is 0 Å². The van der Waals surface area contributed by atoms with Gasteiger partial charge in [-0.05, 0) is 76.9 Å². The second-order valence-electron chi connectivity index (χ2n) is 13.3. The number of carbonyl (C=O) groups is 2. The molecule has 4 rings (SSSR count). The van der Waals surface area contributed by atoms with Crippen LogP contribution >= 0.6 is 0 Å². The van der Waals surface area contributed by atoms with Crippen molar-refractivity contribution in [2.24, 2.45) is 11.8 Å². The minimum absolute atomic E-state index is 0.0198. The van der Waals surface area contributed by atoms with E-state index in [0.717, 1.165) is 12.1 Å². The quantitative estimate of drug-likeness (QED) is 0.310. The summed E-state index contributed by atoms with van der Waals surface area (Å²) in [5.41, 5.74) is -0.943. The van der Waals surface area contributed by atoms with Gasteiger partial charge in [-0.25, -0.2) is 4.79 Å². The smallest absolute Gasteiger partial charge is 0.410 e. The number of fused-ring (bicyclic) bond motifs is 1. The van der Waals surface area contributed by atoms with E-state index >= 15 is 0 Å². The molecule has 9 atom stereocenters. The Kier molecular flexibility index (Phi) is 11.4. The highest BCUT2D eigenvalue weighted by atomic mass is 16.6. The zero-order chi connectivity index (χ0) is 32.9. The summed E-state index contributed by atoms with van der Waals surface area (Å²) < 4.78 is 14.0. The van der Waals surface area contributed by atoms with Crippen LogP contribution in [-0.2, 0) is 20.8 Å². The van der Waals surface area contributed by atoms with Crippen molar-refractivity contribution >= 4 is 19.7 Å². The molecule has 2 aliphatic heterocycles. The molecule has 0 aromatic carbocycles. The predicted molar refractivity (Wildman–Crippen MR) is 169 cm³/mol. The first kappa shape index (κ1) is 35.0. The van der Waals surface area contributed by atoms with E-state index in [9.17, 15) is 19.8 Å². The third-order valence-corrected chi connectivity index (χ3v) is 9.46. The molecule has 45 heavy (non-hydrogen) atoms. The highest BCUT2D eigenvalue weighted by molar-refractivity contribution is 6.14. The second kappa shape index (κ2) is 14.7. The van der Waals surface area contributed by atoms with Gasteiger partial charge in [0, 0.05) is 31.7 Å². The Morgan fingerprint density at radius 3 is 2.56 bits per heavy atom. The van der Waals surface area contributed by atoms with Crippen molar-refractivity contribution in [1.29, 1.82) is 0 Å². The topological polar surface area (TPSA) is 152 Å². The Labute approximate surface area is 267 Å². The van der Waals surface area contributed by atoms with Crippen LogP contribution in [0.25, 0.3) is 11.4 Å². The van der Waals surface area contributed by atoms with Gasteiger partial charge in [0.25, 0.3) is 0 Å². The normalized spacial score (nSPS) is 35.4. The zero-order valence-corrected chi connectivity index (χ0v) is 27.4. The fraction of sp³-hybridized carbons (Fsp3) is 0.719. The van der Waals surface area contributed by atoms with E-state index in [1.54, 1.807) is 29.6 Å². The molecular weight excluding hydrogens is 575 g/mol. The monoisotopic (exact) mass is 624 g/mol. The number of rotatable bonds is 7. The number of aromatic nitrogens is 4. The minimum Gasteiger partial charge on any atom is -0.438 e. The molecule has 2 fully saturated rings. The number of ketones is 1. The van der Waals surface area contributed by atoms with Crippen LogP contribution < -0.4 is 5.32 Å². The molecule has 0 spiro atoms. The number of ether oxygens (including phenoxy) is 2. The number of amides is 1. The summed E-state index contributed by atoms with van der Waals surface area (Å²) in [6.07, 6.45) is 3.17. The Morgan fingerprint density at radius 1 is 1.13 bits per heavy atom. The first-order valence-corrected chi connectivity index (χ1v) is 16.2. The van der Waals surface area contributed by atoms with E-state index in [2.05, 4.69) is 20.6 Å². The molecule has 2 radical (unpaired) electrons. The Hall–Kier alpha value is -2.87. The van der Waals surface area contributed by atoms with Crippen molar-refractivity contribution in [3.05, 3.63) is 30.6 Å². The second-order valence-corrected chi connectivity index (χ2v) is 13.3. The van der Waals surface area contributed by atoms with Crippen molar-refractivity contribution in [3.63, 3.8) is 0 Å². The molecule has 2 saturated heterocycles. The molecule has 0 aliphatic carbocycles. The number of nitrogens with one attached hydrogen (secondary N) is 1. The van der Waals surface area contributed by atoms with Crippen molar-refractivity contribution in [1.82, 2.24) is 30.2 Å². The lowest BCUT2D eigenvalue weighted by atomic mass is 9.67. The summed E-state index contributed by atoms with van der Waals surface area (Å²) in [5.74, 6) is -1.96. The SMILES string of the molecule is [B][C@@H]1CC(=O)[C@@H](C)C(O)O[C@H](CC)[C@@]2(C)OC(=O)N(CCCCn3cc(-c4ccccn4)nn3)[C@@H]2[C@@H](C)NC[C@H](C)C[C@]1(C)O. The van der Waals surface area contributed by atoms with E-state index in [1.165, 1.54) is 0 Å². The fourth-order valence-electron chi connectivity index (χ4n) is 6.71. The van der Waals surface area contributed by atoms with Crippen LogP contribution in [0.1, 0.15) is 73.6 Å². The first-order chi connectivity index (χ1) is 21.3. The van der Waals surface area contributed by atoms with Gasteiger partial charge < -0.3 is 25.0 Å². The number of unbranched alkanes of at least 4 members (excludes halogenated alkanes) is 1. The van der Waals surface area contributed by atoms with E-state index in [4.69, 9.17) is 17.3 Å². The number of aliphatic hydroxyl groups is 2. The van der Waals surface area contributed by atoms with E-state index in [-0.39, 0.29) is 24.2 Å². The average Bonchev–Trinajstić information content (AvgIpc) is 3.57. The summed E-state index contributed by atoms with van der Waals surface area (Å²) in [5, 5.41) is 34.2. The minimum atomic E-state index is -1.43. The molecule has 0 saturated carbocycles. The number of hydrogen-bond donors (Lipinski definition) is 3. The summed E-state index contributed by atoms with van der Waals surface area (Å²) in [7, 11) is 6.30. The van der Waals surface area contributed by atoms with Crippen LogP contribution in [0.3, 0.4) is 0 Å². The van der Waals surface area contributed by atoms with Gasteiger partial charge in [0.2, 0.25) is 0 Å². The molecule has 0 bridgehead atoms. The maximum Gasteiger partial charge on any atom is 0.410 e. The number of carbonyl (C=O) groups excluding carboxylic acids is 2. The maximum absolute atomic E-state index is 13.5. The van der Waals surface area contributed by atoms with Crippen molar-refractivity contribution in [2.75, 3.05) is 13.1 Å². The van der Waals surface area contributed by atoms with Gasteiger partial charge in [-0.2, -0.15) is 0 Å². The molecule has 12 nitrogen and oxygen atoms in total. The Balaban J connectivity index is 1.51. The number of nitrogens with zero attached hydrogens (tertiary/aromatic N) is 5. The van der Waals surface area contributed by atoms with Gasteiger partial charge in [0.1, 0.15) is 17.6 Å². The van der Waals surface area contributed by atoms with E-state index < -0.39 is 47.5 Å². The molecule has 1 unspecified atom stereocenters.